The number of epoxide rings is 1. The summed E-state index contributed by atoms with van der Waals surface area (Å²) in [4.78, 5) is 0.149. The van der Waals surface area contributed by atoms with Crippen LogP contribution in [-0.4, -0.2) is 27.7 Å². The van der Waals surface area contributed by atoms with E-state index in [9.17, 15) is 8.42 Å². The first kappa shape index (κ1) is 10.5. The van der Waals surface area contributed by atoms with Crippen molar-refractivity contribution in [2.75, 3.05) is 13.2 Å². The minimum Gasteiger partial charge on any atom is -0.371 e. The van der Waals surface area contributed by atoms with Gasteiger partial charge in [0, 0.05) is 31.2 Å². The van der Waals surface area contributed by atoms with Crippen LogP contribution < -0.4 is 0 Å². The van der Waals surface area contributed by atoms with E-state index in [1.54, 1.807) is 12.1 Å². The molecule has 80 valence electrons. The standard InChI is InChI=1S/C10H11O4S/c1-8-2-4-10(5-3-8)15(11,12)14-7-9-6-13-9/h2-5,9H,1,6-7H2/q+1/t9-/m1/s1. The Morgan fingerprint density at radius 2 is 2.00 bits per heavy atom. The summed E-state index contributed by atoms with van der Waals surface area (Å²) >= 11 is 0. The maximum Gasteiger partial charge on any atom is 0.299 e. The molecule has 0 saturated carbocycles. The summed E-state index contributed by atoms with van der Waals surface area (Å²) in [5.74, 6) is 0. The first-order valence-corrected chi connectivity index (χ1v) is 5.92. The van der Waals surface area contributed by atoms with Crippen molar-refractivity contribution >= 4 is 10.1 Å². The summed E-state index contributed by atoms with van der Waals surface area (Å²) in [6, 6.07) is 6.21. The largest absolute Gasteiger partial charge is 0.371 e. The summed E-state index contributed by atoms with van der Waals surface area (Å²) in [5, 5.41) is 0. The summed E-state index contributed by atoms with van der Waals surface area (Å²) < 4.78 is 32.8. The van der Waals surface area contributed by atoms with E-state index in [1.165, 1.54) is 12.1 Å². The predicted octanol–water partition coefficient (Wildman–Crippen LogP) is 0.973. The molecule has 0 N–H and O–H groups in total. The SMILES string of the molecule is [CH2+]c1ccc(S(=O)(=O)OC[C@H]2CO2)cc1. The lowest BCUT2D eigenvalue weighted by Gasteiger charge is -2.01. The smallest absolute Gasteiger partial charge is 0.299 e. The second-order valence-electron chi connectivity index (χ2n) is 3.34. The van der Waals surface area contributed by atoms with Gasteiger partial charge in [0.05, 0.1) is 13.2 Å². The van der Waals surface area contributed by atoms with Gasteiger partial charge in [0.2, 0.25) is 0 Å². The molecule has 0 aromatic heterocycles. The van der Waals surface area contributed by atoms with Crippen LogP contribution in [-0.2, 0) is 19.0 Å². The molecule has 2 rings (SSSR count). The fourth-order valence-electron chi connectivity index (χ4n) is 1.05. The van der Waals surface area contributed by atoms with E-state index in [0.717, 1.165) is 5.56 Å². The highest BCUT2D eigenvalue weighted by molar-refractivity contribution is 7.86. The van der Waals surface area contributed by atoms with Gasteiger partial charge in [0.1, 0.15) is 16.6 Å². The molecular weight excluding hydrogens is 216 g/mol. The molecule has 0 spiro atoms. The van der Waals surface area contributed by atoms with Crippen LogP contribution in [0.5, 0.6) is 0 Å². The average molecular weight is 227 g/mol. The predicted molar refractivity (Wildman–Crippen MR) is 53.8 cm³/mol. The quantitative estimate of drug-likeness (QED) is 0.437. The molecule has 0 unspecified atom stereocenters. The third kappa shape index (κ3) is 2.71. The Kier molecular flexibility index (Phi) is 2.68. The van der Waals surface area contributed by atoms with Gasteiger partial charge in [0.25, 0.3) is 10.1 Å². The van der Waals surface area contributed by atoms with Crippen molar-refractivity contribution in [1.82, 2.24) is 0 Å². The number of rotatable bonds is 4. The molecule has 1 aliphatic rings. The second kappa shape index (κ2) is 3.84. The number of benzene rings is 1. The Balaban J connectivity index is 2.09. The highest BCUT2D eigenvalue weighted by Gasteiger charge is 2.26. The molecular formula is C10H11O4S+. The van der Waals surface area contributed by atoms with Crippen molar-refractivity contribution in [3.05, 3.63) is 36.8 Å². The van der Waals surface area contributed by atoms with E-state index in [1.807, 2.05) is 0 Å². The van der Waals surface area contributed by atoms with E-state index in [2.05, 4.69) is 6.92 Å². The zero-order valence-electron chi connectivity index (χ0n) is 8.05. The number of hydrogen-bond donors (Lipinski definition) is 0. The van der Waals surface area contributed by atoms with Gasteiger partial charge in [-0.1, -0.05) is 0 Å². The third-order valence-electron chi connectivity index (χ3n) is 2.02. The molecule has 1 aliphatic heterocycles. The lowest BCUT2D eigenvalue weighted by molar-refractivity contribution is 0.266. The molecule has 0 bridgehead atoms. The Morgan fingerprint density at radius 3 is 2.53 bits per heavy atom. The molecule has 0 amide bonds. The molecule has 0 aliphatic carbocycles. The number of hydrogen-bond acceptors (Lipinski definition) is 4. The second-order valence-corrected chi connectivity index (χ2v) is 4.95. The molecule has 0 radical (unpaired) electrons. The first-order valence-electron chi connectivity index (χ1n) is 4.51. The first-order chi connectivity index (χ1) is 7.08. The van der Waals surface area contributed by atoms with Gasteiger partial charge in [-0.3, -0.25) is 4.18 Å². The minimum absolute atomic E-state index is 0.0631. The third-order valence-corrected chi connectivity index (χ3v) is 3.32. The topological polar surface area (TPSA) is 55.9 Å². The molecule has 5 heteroatoms. The van der Waals surface area contributed by atoms with Gasteiger partial charge in [-0.15, -0.1) is 0 Å². The Hall–Kier alpha value is -1.04. The van der Waals surface area contributed by atoms with Crippen molar-refractivity contribution in [3.63, 3.8) is 0 Å². The fourth-order valence-corrected chi connectivity index (χ4v) is 1.99. The summed E-state index contributed by atoms with van der Waals surface area (Å²) in [6.07, 6.45) is -0.0631. The van der Waals surface area contributed by atoms with E-state index in [4.69, 9.17) is 8.92 Å². The highest BCUT2D eigenvalue weighted by atomic mass is 32.2. The lowest BCUT2D eigenvalue weighted by Crippen LogP contribution is -2.10. The molecule has 1 atom stereocenters. The van der Waals surface area contributed by atoms with E-state index in [0.29, 0.717) is 6.61 Å². The van der Waals surface area contributed by atoms with Crippen molar-refractivity contribution in [1.29, 1.82) is 0 Å². The summed E-state index contributed by atoms with van der Waals surface area (Å²) in [6.45, 7) is 4.34. The van der Waals surface area contributed by atoms with Gasteiger partial charge in [-0.25, -0.2) is 0 Å². The zero-order chi connectivity index (χ0) is 10.9. The summed E-state index contributed by atoms with van der Waals surface area (Å²) in [5.41, 5.74) is 0.763. The van der Waals surface area contributed by atoms with Crippen molar-refractivity contribution < 1.29 is 17.3 Å². The Morgan fingerprint density at radius 1 is 1.40 bits per heavy atom. The van der Waals surface area contributed by atoms with Crippen molar-refractivity contribution in [2.45, 2.75) is 11.0 Å². The van der Waals surface area contributed by atoms with E-state index < -0.39 is 10.1 Å². The van der Waals surface area contributed by atoms with Gasteiger partial charge in [-0.2, -0.15) is 8.42 Å². The Bertz CT molecular complexity index is 431. The minimum atomic E-state index is -3.64. The van der Waals surface area contributed by atoms with Crippen LogP contribution in [0.1, 0.15) is 5.56 Å². The van der Waals surface area contributed by atoms with Crippen molar-refractivity contribution in [3.8, 4) is 0 Å². The fraction of sp³-hybridized carbons (Fsp3) is 0.300. The zero-order valence-corrected chi connectivity index (χ0v) is 8.87. The molecule has 1 saturated heterocycles. The van der Waals surface area contributed by atoms with E-state index >= 15 is 0 Å². The molecule has 1 aromatic carbocycles. The van der Waals surface area contributed by atoms with Crippen LogP contribution in [0.15, 0.2) is 29.2 Å². The van der Waals surface area contributed by atoms with Crippen LogP contribution in [0.25, 0.3) is 0 Å². The van der Waals surface area contributed by atoms with Crippen molar-refractivity contribution in [2.24, 2.45) is 0 Å². The maximum atomic E-state index is 11.6. The molecule has 1 fully saturated rings. The molecule has 1 aromatic rings. The van der Waals surface area contributed by atoms with E-state index in [-0.39, 0.29) is 17.6 Å². The van der Waals surface area contributed by atoms with Gasteiger partial charge >= 0.3 is 0 Å². The van der Waals surface area contributed by atoms with Crippen LogP contribution in [0.3, 0.4) is 0 Å². The van der Waals surface area contributed by atoms with Crippen LogP contribution >= 0.6 is 0 Å². The van der Waals surface area contributed by atoms with Gasteiger partial charge in [-0.05, 0) is 0 Å². The molecule has 15 heavy (non-hydrogen) atoms. The maximum absolute atomic E-state index is 11.6. The molecule has 1 heterocycles. The number of ether oxygens (including phenoxy) is 1. The monoisotopic (exact) mass is 227 g/mol. The van der Waals surface area contributed by atoms with Crippen LogP contribution in [0.4, 0.5) is 0 Å². The lowest BCUT2D eigenvalue weighted by atomic mass is 10.2. The van der Waals surface area contributed by atoms with Gasteiger partial charge < -0.3 is 4.74 Å². The highest BCUT2D eigenvalue weighted by Crippen LogP contribution is 2.16. The molecule has 4 nitrogen and oxygen atoms in total. The van der Waals surface area contributed by atoms with Crippen LogP contribution in [0, 0.1) is 6.92 Å². The average Bonchev–Trinajstić information content (AvgIpc) is 2.99. The normalized spacial score (nSPS) is 20.1. The van der Waals surface area contributed by atoms with Crippen LogP contribution in [0.2, 0.25) is 0 Å². The Labute approximate surface area is 88.9 Å². The van der Waals surface area contributed by atoms with Gasteiger partial charge in [0.15, 0.2) is 0 Å². The summed E-state index contributed by atoms with van der Waals surface area (Å²) in [7, 11) is -3.64.